The summed E-state index contributed by atoms with van der Waals surface area (Å²) in [6.45, 7) is 0.676. The van der Waals surface area contributed by atoms with Crippen LogP contribution in [0.5, 0.6) is 0 Å². The first-order valence-electron chi connectivity index (χ1n) is 9.17. The first-order valence-corrected chi connectivity index (χ1v) is 10.6. The highest BCUT2D eigenvalue weighted by Gasteiger charge is 2.10. The van der Waals surface area contributed by atoms with Crippen LogP contribution in [-0.2, 0) is 0 Å². The number of rotatable bonds is 6. The molecule has 1 aromatic heterocycles. The molecule has 1 heterocycles. The summed E-state index contributed by atoms with van der Waals surface area (Å²) in [5, 5.41) is 12.9. The van der Waals surface area contributed by atoms with E-state index in [2.05, 4.69) is 51.9 Å². The molecule has 0 unspecified atom stereocenters. The SMILES string of the molecule is CSCCNC(=O)c1ccc(-c2cc(-c3cccc4ccccc34)[nH]n2)cc1. The molecule has 0 aliphatic rings. The molecule has 4 rings (SSSR count). The van der Waals surface area contributed by atoms with E-state index in [1.54, 1.807) is 11.8 Å². The first-order chi connectivity index (χ1) is 13.8. The van der Waals surface area contributed by atoms with Crippen LogP contribution in [0.4, 0.5) is 0 Å². The van der Waals surface area contributed by atoms with Crippen molar-refractivity contribution >= 4 is 28.4 Å². The molecule has 0 saturated carbocycles. The molecule has 140 valence electrons. The minimum atomic E-state index is -0.0425. The number of nitrogens with zero attached hydrogens (tertiary/aromatic N) is 1. The van der Waals surface area contributed by atoms with Crippen LogP contribution < -0.4 is 5.32 Å². The van der Waals surface area contributed by atoms with Crippen molar-refractivity contribution < 1.29 is 4.79 Å². The number of carbonyl (C=O) groups excluding carboxylic acids is 1. The molecule has 4 nitrogen and oxygen atoms in total. The van der Waals surface area contributed by atoms with Gasteiger partial charge in [0.15, 0.2) is 0 Å². The Hall–Kier alpha value is -3.05. The molecule has 0 radical (unpaired) electrons. The Morgan fingerprint density at radius 3 is 2.64 bits per heavy atom. The van der Waals surface area contributed by atoms with Gasteiger partial charge in [0, 0.05) is 29.0 Å². The number of H-pyrrole nitrogens is 1. The van der Waals surface area contributed by atoms with Crippen LogP contribution in [0.15, 0.2) is 72.8 Å². The zero-order chi connectivity index (χ0) is 19.3. The maximum Gasteiger partial charge on any atom is 0.251 e. The van der Waals surface area contributed by atoms with Gasteiger partial charge in [-0.05, 0) is 35.2 Å². The van der Waals surface area contributed by atoms with Crippen molar-refractivity contribution in [2.24, 2.45) is 0 Å². The second kappa shape index (κ2) is 8.31. The highest BCUT2D eigenvalue weighted by Crippen LogP contribution is 2.29. The Kier molecular flexibility index (Phi) is 5.44. The number of aromatic amines is 1. The highest BCUT2D eigenvalue weighted by atomic mass is 32.2. The van der Waals surface area contributed by atoms with E-state index >= 15 is 0 Å². The number of aromatic nitrogens is 2. The summed E-state index contributed by atoms with van der Waals surface area (Å²) in [4.78, 5) is 12.1. The highest BCUT2D eigenvalue weighted by molar-refractivity contribution is 7.98. The second-order valence-electron chi connectivity index (χ2n) is 6.52. The van der Waals surface area contributed by atoms with Crippen molar-refractivity contribution in [2.45, 2.75) is 0 Å². The Bertz CT molecular complexity index is 1100. The van der Waals surface area contributed by atoms with Gasteiger partial charge >= 0.3 is 0 Å². The molecule has 0 bridgehead atoms. The van der Waals surface area contributed by atoms with Gasteiger partial charge in [-0.15, -0.1) is 0 Å². The molecule has 0 aliphatic carbocycles. The van der Waals surface area contributed by atoms with Gasteiger partial charge in [-0.2, -0.15) is 16.9 Å². The summed E-state index contributed by atoms with van der Waals surface area (Å²) in [5.74, 6) is 0.868. The van der Waals surface area contributed by atoms with Crippen LogP contribution >= 0.6 is 11.8 Å². The predicted molar refractivity (Wildman–Crippen MR) is 118 cm³/mol. The summed E-state index contributed by atoms with van der Waals surface area (Å²) in [6.07, 6.45) is 2.03. The maximum atomic E-state index is 12.1. The van der Waals surface area contributed by atoms with Crippen LogP contribution in [-0.4, -0.2) is 34.7 Å². The molecule has 0 spiro atoms. The van der Waals surface area contributed by atoms with Gasteiger partial charge in [-0.3, -0.25) is 9.89 Å². The lowest BCUT2D eigenvalue weighted by atomic mass is 10.0. The second-order valence-corrected chi connectivity index (χ2v) is 7.51. The molecule has 0 aliphatic heterocycles. The number of fused-ring (bicyclic) bond motifs is 1. The molecule has 0 fully saturated rings. The van der Waals surface area contributed by atoms with Gasteiger partial charge < -0.3 is 5.32 Å². The standard InChI is InChI=1S/C23H21N3OS/c1-28-14-13-24-23(27)18-11-9-17(10-12-18)21-15-22(26-25-21)20-8-4-6-16-5-2-3-7-19(16)20/h2-12,15H,13-14H2,1H3,(H,24,27)(H,25,26). The van der Waals surface area contributed by atoms with E-state index < -0.39 is 0 Å². The smallest absolute Gasteiger partial charge is 0.251 e. The Morgan fingerprint density at radius 2 is 1.82 bits per heavy atom. The quantitative estimate of drug-likeness (QED) is 0.458. The van der Waals surface area contributed by atoms with Crippen LogP contribution in [0.2, 0.25) is 0 Å². The molecule has 4 aromatic rings. The van der Waals surface area contributed by atoms with E-state index in [-0.39, 0.29) is 5.91 Å². The van der Waals surface area contributed by atoms with Gasteiger partial charge in [0.25, 0.3) is 5.91 Å². The number of hydrogen-bond donors (Lipinski definition) is 2. The zero-order valence-electron chi connectivity index (χ0n) is 15.6. The number of benzene rings is 3. The topological polar surface area (TPSA) is 57.8 Å². The summed E-state index contributed by atoms with van der Waals surface area (Å²) in [7, 11) is 0. The van der Waals surface area contributed by atoms with E-state index in [0.717, 1.165) is 28.3 Å². The van der Waals surface area contributed by atoms with Gasteiger partial charge in [0.05, 0.1) is 11.4 Å². The Morgan fingerprint density at radius 1 is 1.04 bits per heavy atom. The number of thioether (sulfide) groups is 1. The van der Waals surface area contributed by atoms with Crippen LogP contribution in [0, 0.1) is 0 Å². The lowest BCUT2D eigenvalue weighted by Gasteiger charge is -2.05. The average molecular weight is 388 g/mol. The lowest BCUT2D eigenvalue weighted by Crippen LogP contribution is -2.25. The van der Waals surface area contributed by atoms with Crippen LogP contribution in [0.1, 0.15) is 10.4 Å². The third-order valence-electron chi connectivity index (χ3n) is 4.69. The molecule has 0 saturated heterocycles. The van der Waals surface area contributed by atoms with E-state index in [0.29, 0.717) is 12.1 Å². The molecule has 0 atom stereocenters. The van der Waals surface area contributed by atoms with Crippen LogP contribution in [0.3, 0.4) is 0 Å². The third kappa shape index (κ3) is 3.80. The van der Waals surface area contributed by atoms with E-state index in [1.807, 2.05) is 42.7 Å². The third-order valence-corrected chi connectivity index (χ3v) is 5.30. The van der Waals surface area contributed by atoms with Crippen LogP contribution in [0.25, 0.3) is 33.3 Å². The van der Waals surface area contributed by atoms with Crippen molar-refractivity contribution in [3.8, 4) is 22.5 Å². The monoisotopic (exact) mass is 387 g/mol. The van der Waals surface area contributed by atoms with E-state index in [4.69, 9.17) is 0 Å². The molecular weight excluding hydrogens is 366 g/mol. The van der Waals surface area contributed by atoms with Crippen molar-refractivity contribution in [1.29, 1.82) is 0 Å². The Labute approximate surface area is 168 Å². The maximum absolute atomic E-state index is 12.1. The minimum Gasteiger partial charge on any atom is -0.351 e. The molecule has 1 amide bonds. The zero-order valence-corrected chi connectivity index (χ0v) is 16.4. The van der Waals surface area contributed by atoms with Gasteiger partial charge in [-0.1, -0.05) is 54.6 Å². The fraction of sp³-hybridized carbons (Fsp3) is 0.130. The summed E-state index contributed by atoms with van der Waals surface area (Å²) in [6, 6.07) is 24.2. The van der Waals surface area contributed by atoms with Gasteiger partial charge in [0.2, 0.25) is 0 Å². The van der Waals surface area contributed by atoms with Crippen molar-refractivity contribution in [2.75, 3.05) is 18.6 Å². The average Bonchev–Trinajstić information content (AvgIpc) is 3.23. The van der Waals surface area contributed by atoms with Crippen molar-refractivity contribution in [1.82, 2.24) is 15.5 Å². The molecule has 3 aromatic carbocycles. The lowest BCUT2D eigenvalue weighted by molar-refractivity contribution is 0.0956. The largest absolute Gasteiger partial charge is 0.351 e. The van der Waals surface area contributed by atoms with Crippen molar-refractivity contribution in [3.63, 3.8) is 0 Å². The van der Waals surface area contributed by atoms with Gasteiger partial charge in [0.1, 0.15) is 0 Å². The molecule has 5 heteroatoms. The molecule has 2 N–H and O–H groups in total. The number of amides is 1. The number of carbonyl (C=O) groups is 1. The predicted octanol–water partition coefficient (Wildman–Crippen LogP) is 4.99. The first kappa shape index (κ1) is 18.3. The van der Waals surface area contributed by atoms with E-state index in [1.165, 1.54) is 10.8 Å². The fourth-order valence-electron chi connectivity index (χ4n) is 3.23. The summed E-state index contributed by atoms with van der Waals surface area (Å²) in [5.41, 5.74) is 4.60. The summed E-state index contributed by atoms with van der Waals surface area (Å²) >= 11 is 1.71. The molecular formula is C23H21N3OS. The summed E-state index contributed by atoms with van der Waals surface area (Å²) < 4.78 is 0. The molecule has 28 heavy (non-hydrogen) atoms. The Balaban J connectivity index is 1.57. The normalized spacial score (nSPS) is 10.9. The van der Waals surface area contributed by atoms with Crippen molar-refractivity contribution in [3.05, 3.63) is 78.4 Å². The fourth-order valence-corrected chi connectivity index (χ4v) is 3.54. The van der Waals surface area contributed by atoms with Gasteiger partial charge in [-0.25, -0.2) is 0 Å². The number of nitrogens with one attached hydrogen (secondary N) is 2. The number of hydrogen-bond acceptors (Lipinski definition) is 3. The minimum absolute atomic E-state index is 0.0425. The van der Waals surface area contributed by atoms with E-state index in [9.17, 15) is 4.79 Å².